The maximum absolute atomic E-state index is 13.6. The van der Waals surface area contributed by atoms with Crippen molar-refractivity contribution in [3.63, 3.8) is 0 Å². The standard InChI is InChI=1S/C26H27FN4O3/c1-26(2)23(31(34)24(32)28-21-9-5-3-6-10-21)30(22-11-7-4-8-12-22)25(33)29(26)18-17-19-13-15-20(27)16-14-19/h3-16,23,34H,17-18H2,1-2H3,(H,28,32)/t23-/m1/s1. The third-order valence-corrected chi connectivity index (χ3v) is 6.05. The van der Waals surface area contributed by atoms with Crippen LogP contribution in [0.2, 0.25) is 0 Å². The Morgan fingerprint density at radius 3 is 2.21 bits per heavy atom. The van der Waals surface area contributed by atoms with Gasteiger partial charge in [0, 0.05) is 17.9 Å². The summed E-state index contributed by atoms with van der Waals surface area (Å²) in [4.78, 5) is 29.6. The molecule has 4 rings (SSSR count). The van der Waals surface area contributed by atoms with Gasteiger partial charge in [0.25, 0.3) is 0 Å². The summed E-state index contributed by atoms with van der Waals surface area (Å²) in [6.07, 6.45) is -0.508. The molecule has 0 radical (unpaired) electrons. The predicted molar refractivity (Wildman–Crippen MR) is 128 cm³/mol. The molecule has 2 N–H and O–H groups in total. The van der Waals surface area contributed by atoms with Crippen molar-refractivity contribution in [1.82, 2.24) is 9.96 Å². The zero-order valence-corrected chi connectivity index (χ0v) is 19.1. The van der Waals surface area contributed by atoms with E-state index in [4.69, 9.17) is 0 Å². The van der Waals surface area contributed by atoms with E-state index < -0.39 is 17.7 Å². The molecule has 0 saturated carbocycles. The first-order valence-electron chi connectivity index (χ1n) is 11.0. The lowest BCUT2D eigenvalue weighted by Crippen LogP contribution is -2.58. The van der Waals surface area contributed by atoms with Gasteiger partial charge in [0.1, 0.15) is 5.82 Å². The molecule has 176 valence electrons. The molecule has 1 aliphatic rings. The number of carbonyl (C=O) groups is 2. The zero-order chi connectivity index (χ0) is 24.3. The first kappa shape index (κ1) is 23.3. The molecule has 1 atom stereocenters. The molecule has 0 aliphatic carbocycles. The quantitative estimate of drug-likeness (QED) is 0.384. The second kappa shape index (κ2) is 9.52. The van der Waals surface area contributed by atoms with Crippen molar-refractivity contribution in [2.75, 3.05) is 16.8 Å². The van der Waals surface area contributed by atoms with Crippen LogP contribution in [0.25, 0.3) is 0 Å². The predicted octanol–water partition coefficient (Wildman–Crippen LogP) is 5.34. The van der Waals surface area contributed by atoms with E-state index >= 15 is 0 Å². The molecule has 4 amide bonds. The van der Waals surface area contributed by atoms with E-state index in [9.17, 15) is 19.2 Å². The fraction of sp³-hybridized carbons (Fsp3) is 0.231. The van der Waals surface area contributed by atoms with Gasteiger partial charge in [0.2, 0.25) is 0 Å². The molecule has 0 bridgehead atoms. The summed E-state index contributed by atoms with van der Waals surface area (Å²) in [5.74, 6) is -0.322. The van der Waals surface area contributed by atoms with Gasteiger partial charge in [-0.1, -0.05) is 48.5 Å². The van der Waals surface area contributed by atoms with E-state index in [-0.39, 0.29) is 11.8 Å². The fourth-order valence-electron chi connectivity index (χ4n) is 4.27. The van der Waals surface area contributed by atoms with E-state index in [1.54, 1.807) is 65.6 Å². The molecule has 1 aliphatic heterocycles. The topological polar surface area (TPSA) is 76.1 Å². The van der Waals surface area contributed by atoms with Crippen molar-refractivity contribution < 1.29 is 19.2 Å². The average Bonchev–Trinajstić information content (AvgIpc) is 3.04. The van der Waals surface area contributed by atoms with Crippen LogP contribution in [-0.4, -0.2) is 45.5 Å². The number of para-hydroxylation sites is 2. The second-order valence-electron chi connectivity index (χ2n) is 8.68. The first-order chi connectivity index (χ1) is 16.3. The number of hydrogen-bond acceptors (Lipinski definition) is 3. The Labute approximate surface area is 198 Å². The van der Waals surface area contributed by atoms with Crippen LogP contribution < -0.4 is 10.2 Å². The van der Waals surface area contributed by atoms with E-state index in [0.717, 1.165) is 5.56 Å². The Bertz CT molecular complexity index is 1140. The highest BCUT2D eigenvalue weighted by atomic mass is 19.1. The molecule has 3 aromatic rings. The minimum absolute atomic E-state index is 0.322. The van der Waals surface area contributed by atoms with Gasteiger partial charge in [-0.2, -0.15) is 5.06 Å². The van der Waals surface area contributed by atoms with Gasteiger partial charge in [-0.25, -0.2) is 14.0 Å². The van der Waals surface area contributed by atoms with Gasteiger partial charge in [-0.15, -0.1) is 0 Å². The summed E-state index contributed by atoms with van der Waals surface area (Å²) in [6.45, 7) is 3.94. The Morgan fingerprint density at radius 2 is 1.59 bits per heavy atom. The number of rotatable bonds is 6. The number of hydrogen-bond donors (Lipinski definition) is 2. The van der Waals surface area contributed by atoms with Crippen molar-refractivity contribution in [2.24, 2.45) is 0 Å². The van der Waals surface area contributed by atoms with Crippen molar-refractivity contribution in [3.05, 3.63) is 96.3 Å². The lowest BCUT2D eigenvalue weighted by molar-refractivity contribution is -0.0947. The SMILES string of the molecule is CC1(C)[C@@H](N(O)C(=O)Nc2ccccc2)N(c2ccccc2)C(=O)N1CCc1ccc(F)cc1. The van der Waals surface area contributed by atoms with Crippen LogP contribution in [0.15, 0.2) is 84.9 Å². The Balaban J connectivity index is 1.63. The molecule has 0 unspecified atom stereocenters. The van der Waals surface area contributed by atoms with Crippen LogP contribution in [0.4, 0.5) is 25.4 Å². The fourth-order valence-corrected chi connectivity index (χ4v) is 4.27. The van der Waals surface area contributed by atoms with Crippen LogP contribution in [-0.2, 0) is 6.42 Å². The third kappa shape index (κ3) is 4.58. The van der Waals surface area contributed by atoms with Gasteiger partial charge in [0.15, 0.2) is 6.17 Å². The molecule has 0 spiro atoms. The number of amides is 4. The third-order valence-electron chi connectivity index (χ3n) is 6.05. The highest BCUT2D eigenvalue weighted by molar-refractivity contribution is 5.98. The van der Waals surface area contributed by atoms with Gasteiger partial charge < -0.3 is 10.2 Å². The number of hydroxylamine groups is 2. The maximum atomic E-state index is 13.6. The van der Waals surface area contributed by atoms with E-state index in [1.807, 2.05) is 26.0 Å². The Morgan fingerprint density at radius 1 is 1.00 bits per heavy atom. The number of benzene rings is 3. The van der Waals surface area contributed by atoms with Crippen LogP contribution in [0.3, 0.4) is 0 Å². The summed E-state index contributed by atoms with van der Waals surface area (Å²) in [5.41, 5.74) is 1.01. The van der Waals surface area contributed by atoms with Crippen LogP contribution in [0.5, 0.6) is 0 Å². The highest BCUT2D eigenvalue weighted by Crippen LogP contribution is 2.38. The summed E-state index contributed by atoms with van der Waals surface area (Å²) < 4.78 is 13.3. The highest BCUT2D eigenvalue weighted by Gasteiger charge is 2.55. The van der Waals surface area contributed by atoms with Gasteiger partial charge in [0.05, 0.1) is 5.54 Å². The number of nitrogens with one attached hydrogen (secondary N) is 1. The Kier molecular flexibility index (Phi) is 6.51. The molecule has 7 nitrogen and oxygen atoms in total. The number of urea groups is 2. The average molecular weight is 463 g/mol. The molecule has 1 saturated heterocycles. The lowest BCUT2D eigenvalue weighted by atomic mass is 9.99. The number of carbonyl (C=O) groups excluding carboxylic acids is 2. The van der Waals surface area contributed by atoms with Crippen molar-refractivity contribution in [3.8, 4) is 0 Å². The van der Waals surface area contributed by atoms with Crippen LogP contribution in [0, 0.1) is 5.82 Å². The van der Waals surface area contributed by atoms with Gasteiger partial charge >= 0.3 is 12.1 Å². The van der Waals surface area contributed by atoms with Crippen LogP contribution in [0.1, 0.15) is 19.4 Å². The van der Waals surface area contributed by atoms with Gasteiger partial charge in [-0.05, 0) is 62.2 Å². The van der Waals surface area contributed by atoms with Gasteiger partial charge in [-0.3, -0.25) is 10.1 Å². The maximum Gasteiger partial charge on any atom is 0.347 e. The van der Waals surface area contributed by atoms with Crippen molar-refractivity contribution in [1.29, 1.82) is 0 Å². The lowest BCUT2D eigenvalue weighted by Gasteiger charge is -2.38. The summed E-state index contributed by atoms with van der Waals surface area (Å²) >= 11 is 0. The van der Waals surface area contributed by atoms with E-state index in [0.29, 0.717) is 29.4 Å². The molecule has 1 heterocycles. The molecule has 3 aromatic carbocycles. The van der Waals surface area contributed by atoms with Crippen LogP contribution >= 0.6 is 0 Å². The van der Waals surface area contributed by atoms with Crippen molar-refractivity contribution in [2.45, 2.75) is 32.0 Å². The molecular formula is C26H27FN4O3. The van der Waals surface area contributed by atoms with E-state index in [2.05, 4.69) is 5.32 Å². The summed E-state index contributed by atoms with van der Waals surface area (Å²) in [7, 11) is 0. The number of nitrogens with zero attached hydrogens (tertiary/aromatic N) is 3. The number of halogens is 1. The van der Waals surface area contributed by atoms with E-state index in [1.165, 1.54) is 17.0 Å². The smallest absolute Gasteiger partial charge is 0.315 e. The number of anilines is 2. The zero-order valence-electron chi connectivity index (χ0n) is 19.1. The molecule has 34 heavy (non-hydrogen) atoms. The summed E-state index contributed by atoms with van der Waals surface area (Å²) in [5, 5.41) is 14.3. The molecule has 0 aromatic heterocycles. The molecule has 1 fully saturated rings. The second-order valence-corrected chi connectivity index (χ2v) is 8.68. The molecule has 8 heteroatoms. The first-order valence-corrected chi connectivity index (χ1v) is 11.0. The minimum atomic E-state index is -1.00. The largest absolute Gasteiger partial charge is 0.347 e. The monoisotopic (exact) mass is 462 g/mol. The van der Waals surface area contributed by atoms with Crippen molar-refractivity contribution >= 4 is 23.4 Å². The Hall–Kier alpha value is -3.91. The normalized spacial score (nSPS) is 17.1. The summed E-state index contributed by atoms with van der Waals surface area (Å²) in [6, 6.07) is 22.7. The minimum Gasteiger partial charge on any atom is -0.315 e. The molecular weight excluding hydrogens is 435 g/mol.